The quantitative estimate of drug-likeness (QED) is 0.852. The van der Waals surface area contributed by atoms with Crippen LogP contribution in [-0.4, -0.2) is 6.54 Å². The van der Waals surface area contributed by atoms with Gasteiger partial charge in [-0.05, 0) is 42.4 Å². The van der Waals surface area contributed by atoms with Crippen LogP contribution in [-0.2, 0) is 0 Å². The lowest BCUT2D eigenvalue weighted by molar-refractivity contribution is 0.559. The van der Waals surface area contributed by atoms with Crippen molar-refractivity contribution in [1.82, 2.24) is 5.32 Å². The van der Waals surface area contributed by atoms with Crippen molar-refractivity contribution in [2.75, 3.05) is 6.54 Å². The van der Waals surface area contributed by atoms with Gasteiger partial charge in [-0.15, -0.1) is 0 Å². The van der Waals surface area contributed by atoms with Crippen molar-refractivity contribution in [1.29, 1.82) is 0 Å². The van der Waals surface area contributed by atoms with Gasteiger partial charge in [0.15, 0.2) is 0 Å². The van der Waals surface area contributed by atoms with Crippen molar-refractivity contribution in [2.24, 2.45) is 0 Å². The molecule has 100 valence electrons. The fourth-order valence-electron chi connectivity index (χ4n) is 2.00. The molecule has 1 atom stereocenters. The fourth-order valence-corrected chi connectivity index (χ4v) is 2.31. The summed E-state index contributed by atoms with van der Waals surface area (Å²) in [5.41, 5.74) is 1.49. The Morgan fingerprint density at radius 2 is 1.68 bits per heavy atom. The Hall–Kier alpha value is -1.09. The van der Waals surface area contributed by atoms with Gasteiger partial charge in [0.2, 0.25) is 0 Å². The van der Waals surface area contributed by atoms with E-state index in [4.69, 9.17) is 23.2 Å². The zero-order valence-corrected chi connectivity index (χ0v) is 12.0. The minimum atomic E-state index is -0.273. The van der Waals surface area contributed by atoms with E-state index >= 15 is 0 Å². The highest BCUT2D eigenvalue weighted by atomic mass is 35.5. The highest BCUT2D eigenvalue weighted by Gasteiger charge is 2.17. The Kier molecular flexibility index (Phi) is 4.81. The Bertz CT molecular complexity index is 555. The van der Waals surface area contributed by atoms with Gasteiger partial charge in [0.25, 0.3) is 0 Å². The van der Waals surface area contributed by atoms with Crippen LogP contribution in [0, 0.1) is 5.82 Å². The smallest absolute Gasteiger partial charge is 0.128 e. The third-order valence-corrected chi connectivity index (χ3v) is 3.37. The molecule has 1 nitrogen and oxygen atoms in total. The van der Waals surface area contributed by atoms with Crippen LogP contribution in [0.4, 0.5) is 4.39 Å². The summed E-state index contributed by atoms with van der Waals surface area (Å²) < 4.78 is 14.0. The lowest BCUT2D eigenvalue weighted by atomic mass is 9.98. The Balaban J connectivity index is 2.44. The average molecular weight is 298 g/mol. The minimum Gasteiger partial charge on any atom is -0.306 e. The summed E-state index contributed by atoms with van der Waals surface area (Å²) in [7, 11) is 0. The SMILES string of the molecule is CCNC(c1ccc(Cl)cc1)c1cc(Cl)ccc1F. The van der Waals surface area contributed by atoms with Crippen LogP contribution >= 0.6 is 23.2 Å². The van der Waals surface area contributed by atoms with Gasteiger partial charge >= 0.3 is 0 Å². The van der Waals surface area contributed by atoms with E-state index in [1.54, 1.807) is 24.3 Å². The summed E-state index contributed by atoms with van der Waals surface area (Å²) in [4.78, 5) is 0. The van der Waals surface area contributed by atoms with Crippen molar-refractivity contribution >= 4 is 23.2 Å². The second-order valence-electron chi connectivity index (χ2n) is 4.21. The van der Waals surface area contributed by atoms with E-state index in [2.05, 4.69) is 5.32 Å². The van der Waals surface area contributed by atoms with Gasteiger partial charge in [-0.25, -0.2) is 4.39 Å². The van der Waals surface area contributed by atoms with E-state index in [1.807, 2.05) is 19.1 Å². The summed E-state index contributed by atoms with van der Waals surface area (Å²) in [6, 6.07) is 11.7. The Labute approximate surface area is 122 Å². The number of rotatable bonds is 4. The topological polar surface area (TPSA) is 12.0 Å². The maximum Gasteiger partial charge on any atom is 0.128 e. The van der Waals surface area contributed by atoms with Crippen LogP contribution in [0.2, 0.25) is 10.0 Å². The summed E-state index contributed by atoms with van der Waals surface area (Å²) in [6.07, 6.45) is 0. The molecule has 1 N–H and O–H groups in total. The van der Waals surface area contributed by atoms with Crippen molar-refractivity contribution in [3.8, 4) is 0 Å². The molecule has 2 rings (SSSR count). The van der Waals surface area contributed by atoms with Crippen molar-refractivity contribution < 1.29 is 4.39 Å². The first-order chi connectivity index (χ1) is 9.11. The molecule has 0 aliphatic heterocycles. The third kappa shape index (κ3) is 3.47. The molecule has 0 aliphatic rings. The molecule has 0 aromatic heterocycles. The lowest BCUT2D eigenvalue weighted by Gasteiger charge is -2.20. The Morgan fingerprint density at radius 3 is 2.32 bits per heavy atom. The van der Waals surface area contributed by atoms with Crippen LogP contribution in [0.3, 0.4) is 0 Å². The van der Waals surface area contributed by atoms with Gasteiger partial charge in [-0.1, -0.05) is 42.3 Å². The van der Waals surface area contributed by atoms with Gasteiger partial charge in [-0.3, -0.25) is 0 Å². The highest BCUT2D eigenvalue weighted by molar-refractivity contribution is 6.30. The van der Waals surface area contributed by atoms with Crippen molar-refractivity contribution in [3.63, 3.8) is 0 Å². The van der Waals surface area contributed by atoms with Gasteiger partial charge in [-0.2, -0.15) is 0 Å². The first kappa shape index (κ1) is 14.3. The van der Waals surface area contributed by atoms with E-state index in [0.717, 1.165) is 12.1 Å². The van der Waals surface area contributed by atoms with E-state index in [1.165, 1.54) is 6.07 Å². The van der Waals surface area contributed by atoms with E-state index < -0.39 is 0 Å². The molecule has 0 saturated carbocycles. The second-order valence-corrected chi connectivity index (χ2v) is 5.08. The molecule has 0 fully saturated rings. The van der Waals surface area contributed by atoms with E-state index in [-0.39, 0.29) is 11.9 Å². The molecule has 1 unspecified atom stereocenters. The monoisotopic (exact) mass is 297 g/mol. The molecule has 4 heteroatoms. The number of halogens is 3. The third-order valence-electron chi connectivity index (χ3n) is 2.88. The molecule has 2 aromatic carbocycles. The predicted molar refractivity (Wildman–Crippen MR) is 78.4 cm³/mol. The molecule has 0 heterocycles. The van der Waals surface area contributed by atoms with Crippen molar-refractivity contribution in [3.05, 3.63) is 69.5 Å². The average Bonchev–Trinajstić information content (AvgIpc) is 2.40. The van der Waals surface area contributed by atoms with Gasteiger partial charge < -0.3 is 5.32 Å². The molecule has 0 saturated heterocycles. The van der Waals surface area contributed by atoms with Crippen LogP contribution < -0.4 is 5.32 Å². The zero-order valence-electron chi connectivity index (χ0n) is 10.5. The zero-order chi connectivity index (χ0) is 13.8. The van der Waals surface area contributed by atoms with E-state index in [9.17, 15) is 4.39 Å². The number of nitrogens with one attached hydrogen (secondary N) is 1. The second kappa shape index (κ2) is 6.38. The lowest BCUT2D eigenvalue weighted by Crippen LogP contribution is -2.23. The highest BCUT2D eigenvalue weighted by Crippen LogP contribution is 2.27. The van der Waals surface area contributed by atoms with Gasteiger partial charge in [0.05, 0.1) is 6.04 Å². The van der Waals surface area contributed by atoms with Crippen LogP contribution in [0.5, 0.6) is 0 Å². The molecule has 0 aliphatic carbocycles. The first-order valence-corrected chi connectivity index (χ1v) is 6.81. The maximum absolute atomic E-state index is 14.0. The number of hydrogen-bond donors (Lipinski definition) is 1. The summed E-state index contributed by atoms with van der Waals surface area (Å²) in [5.74, 6) is -0.273. The summed E-state index contributed by atoms with van der Waals surface area (Å²) in [6.45, 7) is 2.70. The van der Waals surface area contributed by atoms with Crippen LogP contribution in [0.25, 0.3) is 0 Å². The number of hydrogen-bond acceptors (Lipinski definition) is 1. The normalized spacial score (nSPS) is 12.4. The minimum absolute atomic E-state index is 0.235. The molecule has 0 radical (unpaired) electrons. The largest absolute Gasteiger partial charge is 0.306 e. The van der Waals surface area contributed by atoms with Crippen molar-refractivity contribution in [2.45, 2.75) is 13.0 Å². The first-order valence-electron chi connectivity index (χ1n) is 6.05. The van der Waals surface area contributed by atoms with Gasteiger partial charge in [0.1, 0.15) is 5.82 Å². The molecule has 0 spiro atoms. The van der Waals surface area contributed by atoms with E-state index in [0.29, 0.717) is 15.6 Å². The molecule has 2 aromatic rings. The Morgan fingerprint density at radius 1 is 1.05 bits per heavy atom. The van der Waals surface area contributed by atoms with Gasteiger partial charge in [0, 0.05) is 15.6 Å². The molecular formula is C15H14Cl2FN. The molecule has 0 bridgehead atoms. The standard InChI is InChI=1S/C15H14Cl2FN/c1-2-19-15(10-3-5-11(16)6-4-10)13-9-12(17)7-8-14(13)18/h3-9,15,19H,2H2,1H3. The predicted octanol–water partition coefficient (Wildman–Crippen LogP) is 4.83. The molecule has 19 heavy (non-hydrogen) atoms. The summed E-state index contributed by atoms with van der Waals surface area (Å²) >= 11 is 11.8. The van der Waals surface area contributed by atoms with Crippen LogP contribution in [0.1, 0.15) is 24.1 Å². The fraction of sp³-hybridized carbons (Fsp3) is 0.200. The van der Waals surface area contributed by atoms with Crippen LogP contribution in [0.15, 0.2) is 42.5 Å². The summed E-state index contributed by atoms with van der Waals surface area (Å²) in [5, 5.41) is 4.44. The maximum atomic E-state index is 14.0. The number of benzene rings is 2. The molecule has 0 amide bonds. The molecular weight excluding hydrogens is 284 g/mol.